The Balaban J connectivity index is 2.12. The number of ether oxygens (including phenoxy) is 1. The summed E-state index contributed by atoms with van der Waals surface area (Å²) in [6.07, 6.45) is 2.44. The van der Waals surface area contributed by atoms with Gasteiger partial charge in [-0.2, -0.15) is 0 Å². The van der Waals surface area contributed by atoms with Crippen molar-refractivity contribution in [1.82, 2.24) is 10.2 Å². The first kappa shape index (κ1) is 35.6. The van der Waals surface area contributed by atoms with E-state index in [1.54, 1.807) is 25.7 Å². The number of carbonyl (C=O) groups is 3. The van der Waals surface area contributed by atoms with Gasteiger partial charge in [-0.3, -0.25) is 9.59 Å². The Morgan fingerprint density at radius 1 is 0.844 bits per heavy atom. The Bertz CT molecular complexity index is 1430. The summed E-state index contributed by atoms with van der Waals surface area (Å²) in [4.78, 5) is 43.9. The number of alkyl carbamates (subject to hydrolysis) is 1. The zero-order valence-electron chi connectivity index (χ0n) is 28.6. The third-order valence-electron chi connectivity index (χ3n) is 8.29. The van der Waals surface area contributed by atoms with E-state index in [0.29, 0.717) is 24.4 Å². The number of nitrogens with one attached hydrogen (secondary N) is 2. The first-order valence-corrected chi connectivity index (χ1v) is 16.4. The van der Waals surface area contributed by atoms with E-state index in [9.17, 15) is 14.4 Å². The maximum atomic E-state index is 14.8. The van der Waals surface area contributed by atoms with E-state index in [2.05, 4.69) is 31.4 Å². The van der Waals surface area contributed by atoms with E-state index in [4.69, 9.17) is 4.74 Å². The first-order chi connectivity index (χ1) is 21.2. The minimum Gasteiger partial charge on any atom is -0.444 e. The van der Waals surface area contributed by atoms with Gasteiger partial charge in [0.1, 0.15) is 17.7 Å². The lowest BCUT2D eigenvalue weighted by Crippen LogP contribution is -2.57. The van der Waals surface area contributed by atoms with Gasteiger partial charge in [0.25, 0.3) is 5.91 Å². The number of carbonyl (C=O) groups excluding carboxylic acids is 3. The lowest BCUT2D eigenvalue weighted by molar-refractivity contribution is -0.144. The summed E-state index contributed by atoms with van der Waals surface area (Å²) in [5.74, 6) is -0.385. The molecule has 0 radical (unpaired) electrons. The molecule has 0 aliphatic carbocycles. The second-order valence-corrected chi connectivity index (χ2v) is 13.6. The molecule has 0 heterocycles. The van der Waals surface area contributed by atoms with E-state index in [1.165, 1.54) is 0 Å². The third kappa shape index (κ3) is 10.1. The van der Waals surface area contributed by atoms with Crippen LogP contribution in [0.15, 0.2) is 66.7 Å². The molecule has 2 N–H and O–H groups in total. The summed E-state index contributed by atoms with van der Waals surface area (Å²) >= 11 is 0. The number of rotatable bonds is 13. The molecule has 45 heavy (non-hydrogen) atoms. The molecule has 0 aromatic heterocycles. The smallest absolute Gasteiger partial charge is 0.408 e. The van der Waals surface area contributed by atoms with Crippen LogP contribution in [0.5, 0.6) is 0 Å². The van der Waals surface area contributed by atoms with Crippen LogP contribution in [0.1, 0.15) is 98.7 Å². The molecule has 0 aliphatic rings. The van der Waals surface area contributed by atoms with Gasteiger partial charge < -0.3 is 20.3 Å². The van der Waals surface area contributed by atoms with Gasteiger partial charge >= 0.3 is 6.09 Å². The summed E-state index contributed by atoms with van der Waals surface area (Å²) in [6.45, 7) is 17.7. The molecule has 3 rings (SSSR count). The average Bonchev–Trinajstić information content (AvgIpc) is 2.99. The normalized spacial score (nSPS) is 14.4. The van der Waals surface area contributed by atoms with Crippen molar-refractivity contribution in [2.75, 3.05) is 5.32 Å². The van der Waals surface area contributed by atoms with E-state index in [1.807, 2.05) is 87.5 Å². The third-order valence-corrected chi connectivity index (χ3v) is 8.29. The number of benzene rings is 3. The Kier molecular flexibility index (Phi) is 12.6. The van der Waals surface area contributed by atoms with Gasteiger partial charge in [0.2, 0.25) is 5.91 Å². The molecule has 0 spiro atoms. The van der Waals surface area contributed by atoms with Gasteiger partial charge in [0, 0.05) is 11.7 Å². The molecule has 3 aromatic rings. The standard InChI is InChI=1S/C38H53N3O4/c1-10-26(5)33(40-37(44)45-38(7,8)9)36(43)41(27(6)17-16-25(3)4)34(30-20-18-28(11-2)19-21-30)35(42)39-32-23-22-29-14-12-13-15-31(29)24-32/h12-15,18-27,33-34H,10-11,16-17H2,1-9H3,(H,39,42)(H,40,44). The largest absolute Gasteiger partial charge is 0.444 e. The molecule has 0 fully saturated rings. The number of hydrogen-bond acceptors (Lipinski definition) is 4. The fraction of sp³-hybridized carbons (Fsp3) is 0.500. The van der Waals surface area contributed by atoms with E-state index in [0.717, 1.165) is 34.7 Å². The molecule has 0 saturated heterocycles. The van der Waals surface area contributed by atoms with Gasteiger partial charge in [-0.05, 0) is 92.8 Å². The number of aryl methyl sites for hydroxylation is 1. The second-order valence-electron chi connectivity index (χ2n) is 13.6. The van der Waals surface area contributed by atoms with Crippen molar-refractivity contribution in [2.45, 2.75) is 112 Å². The van der Waals surface area contributed by atoms with Crippen LogP contribution < -0.4 is 10.6 Å². The quantitative estimate of drug-likeness (QED) is 0.201. The van der Waals surface area contributed by atoms with Gasteiger partial charge in [-0.15, -0.1) is 0 Å². The first-order valence-electron chi connectivity index (χ1n) is 16.4. The Labute approximate surface area is 270 Å². The summed E-state index contributed by atoms with van der Waals surface area (Å²) in [5.41, 5.74) is 1.79. The van der Waals surface area contributed by atoms with E-state index < -0.39 is 23.8 Å². The number of fused-ring (bicyclic) bond motifs is 1. The van der Waals surface area contributed by atoms with Crippen LogP contribution in [-0.4, -0.2) is 40.5 Å². The van der Waals surface area contributed by atoms with Gasteiger partial charge in [-0.25, -0.2) is 4.79 Å². The molecule has 244 valence electrons. The maximum absolute atomic E-state index is 14.8. The molecular formula is C38H53N3O4. The van der Waals surface area contributed by atoms with Crippen molar-refractivity contribution in [3.8, 4) is 0 Å². The summed E-state index contributed by atoms with van der Waals surface area (Å²) in [7, 11) is 0. The molecule has 3 amide bonds. The van der Waals surface area contributed by atoms with Gasteiger partial charge in [0.05, 0.1) is 0 Å². The molecule has 7 heteroatoms. The zero-order valence-corrected chi connectivity index (χ0v) is 28.6. The highest BCUT2D eigenvalue weighted by Gasteiger charge is 2.40. The van der Waals surface area contributed by atoms with Crippen molar-refractivity contribution in [3.05, 3.63) is 77.9 Å². The molecule has 0 saturated carbocycles. The number of hydrogen-bond donors (Lipinski definition) is 2. The minimum absolute atomic E-state index is 0.198. The van der Waals surface area contributed by atoms with Crippen molar-refractivity contribution in [3.63, 3.8) is 0 Å². The summed E-state index contributed by atoms with van der Waals surface area (Å²) in [6, 6.07) is 19.6. The molecular weight excluding hydrogens is 562 g/mol. The minimum atomic E-state index is -0.927. The Morgan fingerprint density at radius 3 is 2.07 bits per heavy atom. The predicted molar refractivity (Wildman–Crippen MR) is 184 cm³/mol. The zero-order chi connectivity index (χ0) is 33.3. The summed E-state index contributed by atoms with van der Waals surface area (Å²) < 4.78 is 5.56. The van der Waals surface area contributed by atoms with Crippen LogP contribution in [0, 0.1) is 11.8 Å². The van der Waals surface area contributed by atoms with E-state index in [-0.39, 0.29) is 23.8 Å². The number of nitrogens with zero attached hydrogens (tertiary/aromatic N) is 1. The van der Waals surface area contributed by atoms with Gasteiger partial charge in [0.15, 0.2) is 0 Å². The molecule has 0 aliphatic heterocycles. The highest BCUT2D eigenvalue weighted by Crippen LogP contribution is 2.31. The van der Waals surface area contributed by atoms with Crippen molar-refractivity contribution < 1.29 is 19.1 Å². The molecule has 0 bridgehead atoms. The van der Waals surface area contributed by atoms with Crippen LogP contribution in [0.25, 0.3) is 10.8 Å². The van der Waals surface area contributed by atoms with Crippen LogP contribution in [0.4, 0.5) is 10.5 Å². The lowest BCUT2D eigenvalue weighted by atomic mass is 9.93. The average molecular weight is 616 g/mol. The number of amides is 3. The van der Waals surface area contributed by atoms with Crippen LogP contribution in [0.2, 0.25) is 0 Å². The topological polar surface area (TPSA) is 87.7 Å². The highest BCUT2D eigenvalue weighted by atomic mass is 16.6. The van der Waals surface area contributed by atoms with Crippen LogP contribution >= 0.6 is 0 Å². The SMILES string of the molecule is CCc1ccc(C(C(=O)Nc2ccc3ccccc3c2)N(C(=O)C(NC(=O)OC(C)(C)C)C(C)CC)C(C)CCC(C)C)cc1. The molecule has 3 aromatic carbocycles. The van der Waals surface area contributed by atoms with Crippen LogP contribution in [0.3, 0.4) is 0 Å². The van der Waals surface area contributed by atoms with Crippen molar-refractivity contribution in [2.24, 2.45) is 11.8 Å². The van der Waals surface area contributed by atoms with Crippen LogP contribution in [-0.2, 0) is 20.7 Å². The highest BCUT2D eigenvalue weighted by molar-refractivity contribution is 6.00. The van der Waals surface area contributed by atoms with Gasteiger partial charge in [-0.1, -0.05) is 95.6 Å². The maximum Gasteiger partial charge on any atom is 0.408 e. The molecule has 4 atom stereocenters. The van der Waals surface area contributed by atoms with Crippen molar-refractivity contribution in [1.29, 1.82) is 0 Å². The molecule has 4 unspecified atom stereocenters. The molecule has 7 nitrogen and oxygen atoms in total. The fourth-order valence-electron chi connectivity index (χ4n) is 5.44. The monoisotopic (exact) mass is 615 g/mol. The summed E-state index contributed by atoms with van der Waals surface area (Å²) in [5, 5.41) is 8.08. The van der Waals surface area contributed by atoms with E-state index >= 15 is 0 Å². The Morgan fingerprint density at radius 2 is 1.49 bits per heavy atom. The van der Waals surface area contributed by atoms with Crippen molar-refractivity contribution >= 4 is 34.4 Å². The Hall–Kier alpha value is -3.87. The number of anilines is 1. The second kappa shape index (κ2) is 15.9. The fourth-order valence-corrected chi connectivity index (χ4v) is 5.44. The lowest BCUT2D eigenvalue weighted by Gasteiger charge is -2.40. The predicted octanol–water partition coefficient (Wildman–Crippen LogP) is 8.67.